The molecular formula is C15H16F2N2O4. The number of carbonyl (C=O) groups is 3. The lowest BCUT2D eigenvalue weighted by Gasteiger charge is -2.12. The van der Waals surface area contributed by atoms with Crippen LogP contribution in [0.1, 0.15) is 30.6 Å². The molecule has 0 aromatic heterocycles. The number of nitrogens with one attached hydrogen (secondary N) is 2. The fourth-order valence-electron chi connectivity index (χ4n) is 1.96. The van der Waals surface area contributed by atoms with Gasteiger partial charge in [-0.3, -0.25) is 14.4 Å². The fraction of sp³-hybridized carbons (Fsp3) is 0.400. The van der Waals surface area contributed by atoms with E-state index in [0.29, 0.717) is 0 Å². The zero-order valence-electron chi connectivity index (χ0n) is 12.5. The van der Waals surface area contributed by atoms with Crippen LogP contribution >= 0.6 is 0 Å². The van der Waals surface area contributed by atoms with Gasteiger partial charge in [0.25, 0.3) is 11.8 Å². The minimum atomic E-state index is -3.00. The largest absolute Gasteiger partial charge is 0.480 e. The number of amides is 2. The summed E-state index contributed by atoms with van der Waals surface area (Å²) in [6, 6.07) is 4.48. The standard InChI is InChI=1S/C15H16F2N2O4/c1-8(12(21)22)18-11(20)9-3-5-10(6-4-9)19-13(23)14(2)7-15(14,16)17/h3-6,8H,7H2,1-2H3,(H,18,20)(H,19,23)(H,21,22). The second-order valence-corrected chi connectivity index (χ2v) is 5.78. The van der Waals surface area contributed by atoms with Gasteiger partial charge in [0.05, 0.1) is 0 Å². The molecule has 2 atom stereocenters. The predicted octanol–water partition coefficient (Wildman–Crippen LogP) is 1.87. The van der Waals surface area contributed by atoms with Gasteiger partial charge in [0.15, 0.2) is 0 Å². The smallest absolute Gasteiger partial charge is 0.325 e. The topological polar surface area (TPSA) is 95.5 Å². The average molecular weight is 326 g/mol. The van der Waals surface area contributed by atoms with E-state index in [-0.39, 0.29) is 11.3 Å². The Kier molecular flexibility index (Phi) is 4.10. The van der Waals surface area contributed by atoms with Crippen molar-refractivity contribution < 1.29 is 28.3 Å². The van der Waals surface area contributed by atoms with E-state index in [2.05, 4.69) is 10.6 Å². The molecule has 8 heteroatoms. The molecule has 1 aliphatic rings. The number of aliphatic carboxylic acids is 1. The maximum atomic E-state index is 13.1. The molecule has 23 heavy (non-hydrogen) atoms. The van der Waals surface area contributed by atoms with Crippen LogP contribution in [-0.2, 0) is 9.59 Å². The quantitative estimate of drug-likeness (QED) is 0.770. The average Bonchev–Trinajstić information content (AvgIpc) is 2.99. The van der Waals surface area contributed by atoms with Gasteiger partial charge in [-0.25, -0.2) is 8.78 Å². The second kappa shape index (κ2) is 5.60. The summed E-state index contributed by atoms with van der Waals surface area (Å²) in [7, 11) is 0. The summed E-state index contributed by atoms with van der Waals surface area (Å²) in [5.74, 6) is -5.53. The monoisotopic (exact) mass is 326 g/mol. The number of benzene rings is 1. The van der Waals surface area contributed by atoms with E-state index in [1.54, 1.807) is 0 Å². The zero-order valence-corrected chi connectivity index (χ0v) is 12.5. The molecule has 1 fully saturated rings. The van der Waals surface area contributed by atoms with Crippen molar-refractivity contribution in [2.45, 2.75) is 32.2 Å². The molecule has 1 aromatic carbocycles. The van der Waals surface area contributed by atoms with E-state index in [1.165, 1.54) is 38.1 Å². The van der Waals surface area contributed by atoms with Crippen LogP contribution in [-0.4, -0.2) is 34.9 Å². The lowest BCUT2D eigenvalue weighted by atomic mass is 10.1. The number of anilines is 1. The number of hydrogen-bond donors (Lipinski definition) is 3. The molecular weight excluding hydrogens is 310 g/mol. The van der Waals surface area contributed by atoms with Gasteiger partial charge in [-0.2, -0.15) is 0 Å². The van der Waals surface area contributed by atoms with Crippen molar-refractivity contribution in [3.05, 3.63) is 29.8 Å². The van der Waals surface area contributed by atoms with Gasteiger partial charge in [0, 0.05) is 17.7 Å². The van der Waals surface area contributed by atoms with Gasteiger partial charge < -0.3 is 15.7 Å². The molecule has 1 saturated carbocycles. The highest BCUT2D eigenvalue weighted by molar-refractivity contribution is 5.99. The minimum Gasteiger partial charge on any atom is -0.480 e. The summed E-state index contributed by atoms with van der Waals surface area (Å²) in [5.41, 5.74) is -1.22. The van der Waals surface area contributed by atoms with Crippen molar-refractivity contribution in [2.75, 3.05) is 5.32 Å². The van der Waals surface area contributed by atoms with Crippen LogP contribution < -0.4 is 10.6 Å². The van der Waals surface area contributed by atoms with E-state index in [4.69, 9.17) is 5.11 Å². The third-order valence-electron chi connectivity index (χ3n) is 3.88. The highest BCUT2D eigenvalue weighted by Crippen LogP contribution is 2.60. The molecule has 124 valence electrons. The summed E-state index contributed by atoms with van der Waals surface area (Å²) in [6.45, 7) is 2.52. The van der Waals surface area contributed by atoms with Crippen LogP contribution in [0, 0.1) is 5.41 Å². The molecule has 0 radical (unpaired) electrons. The summed E-state index contributed by atoms with van der Waals surface area (Å²) in [4.78, 5) is 34.3. The molecule has 2 rings (SSSR count). The third kappa shape index (κ3) is 3.30. The van der Waals surface area contributed by atoms with Crippen molar-refractivity contribution in [2.24, 2.45) is 5.41 Å². The van der Waals surface area contributed by atoms with Crippen molar-refractivity contribution in [1.82, 2.24) is 5.32 Å². The molecule has 6 nitrogen and oxygen atoms in total. The predicted molar refractivity (Wildman–Crippen MR) is 77.3 cm³/mol. The lowest BCUT2D eigenvalue weighted by Crippen LogP contribution is -2.38. The van der Waals surface area contributed by atoms with Gasteiger partial charge in [-0.05, 0) is 38.1 Å². The second-order valence-electron chi connectivity index (χ2n) is 5.78. The molecule has 0 aliphatic heterocycles. The number of rotatable bonds is 5. The number of carboxylic acid groups (broad SMARTS) is 1. The van der Waals surface area contributed by atoms with Gasteiger partial charge in [-0.15, -0.1) is 0 Å². The van der Waals surface area contributed by atoms with Crippen LogP contribution in [0.5, 0.6) is 0 Å². The summed E-state index contributed by atoms with van der Waals surface area (Å²) in [6.07, 6.45) is -0.487. The highest BCUT2D eigenvalue weighted by atomic mass is 19.3. The molecule has 0 spiro atoms. The Hall–Kier alpha value is -2.51. The first-order valence-corrected chi connectivity index (χ1v) is 6.90. The Morgan fingerprint density at radius 3 is 2.17 bits per heavy atom. The Balaban J connectivity index is 1.99. The first-order valence-electron chi connectivity index (χ1n) is 6.90. The molecule has 2 amide bonds. The Bertz CT molecular complexity index is 660. The van der Waals surface area contributed by atoms with Gasteiger partial charge in [0.2, 0.25) is 5.91 Å². The van der Waals surface area contributed by atoms with Crippen molar-refractivity contribution >= 4 is 23.5 Å². The van der Waals surface area contributed by atoms with Gasteiger partial charge >= 0.3 is 5.97 Å². The maximum Gasteiger partial charge on any atom is 0.325 e. The van der Waals surface area contributed by atoms with Crippen LogP contribution in [0.4, 0.5) is 14.5 Å². The number of carbonyl (C=O) groups excluding carboxylic acids is 2. The van der Waals surface area contributed by atoms with Gasteiger partial charge in [0.1, 0.15) is 11.5 Å². The SMILES string of the molecule is CC(NC(=O)c1ccc(NC(=O)C2(C)CC2(F)F)cc1)C(=O)O. The first kappa shape index (κ1) is 16.9. The van der Waals surface area contributed by atoms with Crippen molar-refractivity contribution in [3.8, 4) is 0 Å². The molecule has 1 aromatic rings. The maximum absolute atomic E-state index is 13.1. The normalized spacial score (nSPS) is 22.8. The number of carboxylic acids is 1. The minimum absolute atomic E-state index is 0.194. The van der Waals surface area contributed by atoms with Crippen LogP contribution in [0.3, 0.4) is 0 Å². The molecule has 3 N–H and O–H groups in total. The van der Waals surface area contributed by atoms with Crippen LogP contribution in [0.15, 0.2) is 24.3 Å². The van der Waals surface area contributed by atoms with E-state index in [9.17, 15) is 23.2 Å². The Morgan fingerprint density at radius 2 is 1.74 bits per heavy atom. The molecule has 0 bridgehead atoms. The van der Waals surface area contributed by atoms with Crippen molar-refractivity contribution in [1.29, 1.82) is 0 Å². The molecule has 0 heterocycles. The Labute approximate surface area is 130 Å². The fourth-order valence-corrected chi connectivity index (χ4v) is 1.96. The lowest BCUT2D eigenvalue weighted by molar-refractivity contribution is -0.138. The first-order chi connectivity index (χ1) is 10.6. The summed E-state index contributed by atoms with van der Waals surface area (Å²) >= 11 is 0. The molecule has 1 aliphatic carbocycles. The molecule has 2 unspecified atom stereocenters. The third-order valence-corrected chi connectivity index (χ3v) is 3.88. The highest BCUT2D eigenvalue weighted by Gasteiger charge is 2.72. The molecule has 0 saturated heterocycles. The van der Waals surface area contributed by atoms with E-state index in [0.717, 1.165) is 0 Å². The van der Waals surface area contributed by atoms with Gasteiger partial charge in [-0.1, -0.05) is 0 Å². The van der Waals surface area contributed by atoms with E-state index in [1.807, 2.05) is 0 Å². The zero-order chi connectivity index (χ0) is 17.4. The van der Waals surface area contributed by atoms with E-state index < -0.39 is 41.6 Å². The number of hydrogen-bond acceptors (Lipinski definition) is 3. The number of halogens is 2. The van der Waals surface area contributed by atoms with Crippen LogP contribution in [0.2, 0.25) is 0 Å². The Morgan fingerprint density at radius 1 is 1.22 bits per heavy atom. The van der Waals surface area contributed by atoms with Crippen LogP contribution in [0.25, 0.3) is 0 Å². The van der Waals surface area contributed by atoms with E-state index >= 15 is 0 Å². The summed E-state index contributed by atoms with van der Waals surface area (Å²) in [5, 5.41) is 13.4. The summed E-state index contributed by atoms with van der Waals surface area (Å²) < 4.78 is 26.3. The van der Waals surface area contributed by atoms with Crippen molar-refractivity contribution in [3.63, 3.8) is 0 Å². The number of alkyl halides is 2.